The molecule has 0 spiro atoms. The molecular formula is C26H30O6. The smallest absolute Gasteiger partial charge is 0.174 e. The molecule has 1 atom stereocenters. The predicted molar refractivity (Wildman–Crippen MR) is 123 cm³/mol. The summed E-state index contributed by atoms with van der Waals surface area (Å²) >= 11 is 0. The second kappa shape index (κ2) is 8.61. The van der Waals surface area contributed by atoms with Crippen LogP contribution in [-0.2, 0) is 11.8 Å². The van der Waals surface area contributed by atoms with Gasteiger partial charge in [0.1, 0.15) is 40.4 Å². The first-order valence-electron chi connectivity index (χ1n) is 10.5. The van der Waals surface area contributed by atoms with Gasteiger partial charge in [0.15, 0.2) is 5.78 Å². The van der Waals surface area contributed by atoms with Crippen molar-refractivity contribution in [1.82, 2.24) is 0 Å². The molecule has 1 heterocycles. The number of Topliss-reactive ketones (excluding diaryl/α,β-unsaturated/α-hetero) is 1. The molecule has 0 unspecified atom stereocenters. The first-order chi connectivity index (χ1) is 15.0. The summed E-state index contributed by atoms with van der Waals surface area (Å²) in [6.07, 6.45) is 3.15. The number of allylic oxidation sites excluding steroid dienone is 3. The van der Waals surface area contributed by atoms with Gasteiger partial charge in [0.2, 0.25) is 0 Å². The van der Waals surface area contributed by atoms with E-state index >= 15 is 0 Å². The van der Waals surface area contributed by atoms with Gasteiger partial charge in [-0.25, -0.2) is 0 Å². The van der Waals surface area contributed by atoms with E-state index in [0.717, 1.165) is 5.57 Å². The highest BCUT2D eigenvalue weighted by Crippen LogP contribution is 2.47. The van der Waals surface area contributed by atoms with Crippen molar-refractivity contribution in [2.45, 2.75) is 52.1 Å². The average Bonchev–Trinajstić information content (AvgIpc) is 2.72. The summed E-state index contributed by atoms with van der Waals surface area (Å²) in [5.74, 6) is -0.155. The Labute approximate surface area is 188 Å². The minimum atomic E-state index is -0.715. The lowest BCUT2D eigenvalue weighted by atomic mass is 9.82. The molecule has 6 nitrogen and oxygen atoms in total. The Morgan fingerprint density at radius 3 is 2.50 bits per heavy atom. The summed E-state index contributed by atoms with van der Waals surface area (Å²) in [7, 11) is 1.47. The van der Waals surface area contributed by atoms with Gasteiger partial charge in [-0.15, -0.1) is 6.58 Å². The number of carbonyl (C=O) groups is 1. The third-order valence-electron chi connectivity index (χ3n) is 5.88. The summed E-state index contributed by atoms with van der Waals surface area (Å²) < 4.78 is 11.5. The van der Waals surface area contributed by atoms with E-state index < -0.39 is 11.5 Å². The number of phenols is 3. The second-order valence-electron chi connectivity index (χ2n) is 8.85. The third-order valence-corrected chi connectivity index (χ3v) is 5.88. The topological polar surface area (TPSA) is 96.2 Å². The average molecular weight is 439 g/mol. The Bertz CT molecular complexity index is 1110. The molecule has 0 saturated heterocycles. The number of ether oxygens (including phenoxy) is 2. The van der Waals surface area contributed by atoms with Gasteiger partial charge in [-0.1, -0.05) is 31.6 Å². The molecule has 3 rings (SSSR count). The highest BCUT2D eigenvalue weighted by molar-refractivity contribution is 6.03. The minimum Gasteiger partial charge on any atom is -0.507 e. The van der Waals surface area contributed by atoms with Crippen LogP contribution < -0.4 is 9.47 Å². The van der Waals surface area contributed by atoms with Crippen molar-refractivity contribution in [3.63, 3.8) is 0 Å². The van der Waals surface area contributed by atoms with Crippen LogP contribution in [0.1, 0.15) is 67.3 Å². The van der Waals surface area contributed by atoms with Gasteiger partial charge in [-0.2, -0.15) is 0 Å². The molecule has 1 aliphatic heterocycles. The Kier molecular flexibility index (Phi) is 6.26. The number of fused-ring (bicyclic) bond motifs is 1. The molecule has 0 aromatic heterocycles. The van der Waals surface area contributed by atoms with E-state index in [1.165, 1.54) is 19.2 Å². The molecule has 2 aromatic rings. The van der Waals surface area contributed by atoms with Crippen molar-refractivity contribution in [2.24, 2.45) is 0 Å². The zero-order valence-electron chi connectivity index (χ0n) is 19.2. The lowest BCUT2D eigenvalue weighted by Gasteiger charge is -2.30. The standard InChI is InChI=1S/C26H30O6/c1-7-26(4,5)17-10-16(21(31-6)12-19(17)28)22-13-20(29)24-23(32-22)11-18(27)15(25(24)30)9-8-14(2)3/h7-8,10-12,22,27-28,30H,1,9,13H2,2-6H3/t22-/m0/s1. The van der Waals surface area contributed by atoms with Crippen molar-refractivity contribution in [3.8, 4) is 28.7 Å². The third kappa shape index (κ3) is 4.17. The van der Waals surface area contributed by atoms with E-state index in [-0.39, 0.29) is 46.3 Å². The minimum absolute atomic E-state index is 0.0253. The molecule has 0 saturated carbocycles. The summed E-state index contributed by atoms with van der Waals surface area (Å²) in [5.41, 5.74) is 2.06. The Hall–Kier alpha value is -3.41. The van der Waals surface area contributed by atoms with Gasteiger partial charge in [0.05, 0.1) is 13.5 Å². The lowest BCUT2D eigenvalue weighted by molar-refractivity contribution is 0.0841. The van der Waals surface area contributed by atoms with Gasteiger partial charge in [0.25, 0.3) is 0 Å². The first-order valence-corrected chi connectivity index (χ1v) is 10.5. The number of phenolic OH excluding ortho intramolecular Hbond substituents is 3. The second-order valence-corrected chi connectivity index (χ2v) is 8.85. The van der Waals surface area contributed by atoms with Crippen LogP contribution in [0.4, 0.5) is 0 Å². The largest absolute Gasteiger partial charge is 0.507 e. The fraction of sp³-hybridized carbons (Fsp3) is 0.346. The van der Waals surface area contributed by atoms with Crippen molar-refractivity contribution in [3.05, 3.63) is 64.8 Å². The normalized spacial score (nSPS) is 15.5. The Morgan fingerprint density at radius 1 is 1.22 bits per heavy atom. The molecule has 2 aromatic carbocycles. The maximum atomic E-state index is 13.1. The number of aromatic hydroxyl groups is 3. The first kappa shape index (κ1) is 23.3. The SMILES string of the molecule is C=CC(C)(C)c1cc([C@@H]2CC(=O)c3c(cc(O)c(CC=C(C)C)c3O)O2)c(OC)cc1O. The van der Waals surface area contributed by atoms with Gasteiger partial charge in [0, 0.05) is 34.2 Å². The molecule has 0 bridgehead atoms. The quantitative estimate of drug-likeness (QED) is 0.516. The van der Waals surface area contributed by atoms with Crippen LogP contribution >= 0.6 is 0 Å². The number of carbonyl (C=O) groups excluding carboxylic acids is 1. The molecule has 170 valence electrons. The Balaban J connectivity index is 2.09. The highest BCUT2D eigenvalue weighted by atomic mass is 16.5. The molecule has 6 heteroatoms. The van der Waals surface area contributed by atoms with Crippen LogP contribution in [0, 0.1) is 0 Å². The van der Waals surface area contributed by atoms with Gasteiger partial charge in [-0.05, 0) is 26.3 Å². The van der Waals surface area contributed by atoms with Gasteiger partial charge in [-0.3, -0.25) is 4.79 Å². The van der Waals surface area contributed by atoms with Crippen molar-refractivity contribution in [1.29, 1.82) is 0 Å². The molecule has 0 fully saturated rings. The molecule has 3 N–H and O–H groups in total. The van der Waals surface area contributed by atoms with Crippen molar-refractivity contribution >= 4 is 5.78 Å². The fourth-order valence-electron chi connectivity index (χ4n) is 3.82. The number of hydrogen-bond acceptors (Lipinski definition) is 6. The van der Waals surface area contributed by atoms with E-state index in [4.69, 9.17) is 9.47 Å². The molecule has 32 heavy (non-hydrogen) atoms. The summed E-state index contributed by atoms with van der Waals surface area (Å²) in [6.45, 7) is 11.5. The Morgan fingerprint density at radius 2 is 1.91 bits per heavy atom. The lowest BCUT2D eigenvalue weighted by Crippen LogP contribution is -2.22. The summed E-state index contributed by atoms with van der Waals surface area (Å²) in [4.78, 5) is 13.1. The highest BCUT2D eigenvalue weighted by Gasteiger charge is 2.35. The number of methoxy groups -OCH3 is 1. The fourth-order valence-corrected chi connectivity index (χ4v) is 3.82. The number of rotatable bonds is 6. The van der Waals surface area contributed by atoms with Crippen molar-refractivity contribution < 1.29 is 29.6 Å². The maximum absolute atomic E-state index is 13.1. The van der Waals surface area contributed by atoms with E-state index in [1.54, 1.807) is 12.1 Å². The van der Waals surface area contributed by atoms with Crippen LogP contribution in [0.15, 0.2) is 42.5 Å². The van der Waals surface area contributed by atoms with Crippen LogP contribution in [0.25, 0.3) is 0 Å². The van der Waals surface area contributed by atoms with Crippen LogP contribution in [0.3, 0.4) is 0 Å². The van der Waals surface area contributed by atoms with Crippen LogP contribution in [0.5, 0.6) is 28.7 Å². The molecule has 0 amide bonds. The molecule has 1 aliphatic rings. The van der Waals surface area contributed by atoms with Gasteiger partial charge < -0.3 is 24.8 Å². The van der Waals surface area contributed by atoms with E-state index in [9.17, 15) is 20.1 Å². The number of ketones is 1. The molecular weight excluding hydrogens is 408 g/mol. The number of benzene rings is 2. The van der Waals surface area contributed by atoms with E-state index in [0.29, 0.717) is 23.3 Å². The van der Waals surface area contributed by atoms with Crippen molar-refractivity contribution in [2.75, 3.05) is 7.11 Å². The maximum Gasteiger partial charge on any atom is 0.174 e. The molecule has 0 aliphatic carbocycles. The van der Waals surface area contributed by atoms with Gasteiger partial charge >= 0.3 is 0 Å². The molecule has 0 radical (unpaired) electrons. The zero-order chi connectivity index (χ0) is 23.8. The number of hydrogen-bond donors (Lipinski definition) is 3. The van der Waals surface area contributed by atoms with E-state index in [1.807, 2.05) is 33.8 Å². The monoisotopic (exact) mass is 438 g/mol. The van der Waals surface area contributed by atoms with Crippen LogP contribution in [0.2, 0.25) is 0 Å². The van der Waals surface area contributed by atoms with Crippen LogP contribution in [-0.4, -0.2) is 28.2 Å². The predicted octanol–water partition coefficient (Wildman–Crippen LogP) is 5.49. The summed E-state index contributed by atoms with van der Waals surface area (Å²) in [6, 6.07) is 4.62. The zero-order valence-corrected chi connectivity index (χ0v) is 19.2. The summed E-state index contributed by atoms with van der Waals surface area (Å²) in [5, 5.41) is 31.7. The van der Waals surface area contributed by atoms with E-state index in [2.05, 4.69) is 6.58 Å².